The second-order valence-corrected chi connectivity index (χ2v) is 6.38. The van der Waals surface area contributed by atoms with Gasteiger partial charge < -0.3 is 9.47 Å². The molecule has 0 aromatic heterocycles. The molecule has 0 saturated carbocycles. The molecule has 0 saturated heterocycles. The molecular weight excluding hydrogens is 316 g/mol. The highest BCUT2D eigenvalue weighted by atomic mass is 16.6. The van der Waals surface area contributed by atoms with Gasteiger partial charge in [-0.05, 0) is 43.4 Å². The molecule has 4 nitrogen and oxygen atoms in total. The fourth-order valence-electron chi connectivity index (χ4n) is 2.78. The highest BCUT2D eigenvalue weighted by Gasteiger charge is 2.46. The summed E-state index contributed by atoms with van der Waals surface area (Å²) in [5, 5.41) is 0. The lowest BCUT2D eigenvalue weighted by Crippen LogP contribution is -2.42. The Bertz CT molecular complexity index is 547. The number of benzene rings is 1. The molecule has 1 rings (SSSR count). The number of aryl methyl sites for hydroxylation is 1. The predicted molar refractivity (Wildman–Crippen MR) is 99.6 cm³/mol. The average molecular weight is 348 g/mol. The minimum Gasteiger partial charge on any atom is -0.465 e. The van der Waals surface area contributed by atoms with Gasteiger partial charge in [-0.2, -0.15) is 0 Å². The van der Waals surface area contributed by atoms with Crippen LogP contribution in [0.5, 0.6) is 5.75 Å². The van der Waals surface area contributed by atoms with Gasteiger partial charge >= 0.3 is 11.9 Å². The molecule has 1 aromatic rings. The van der Waals surface area contributed by atoms with Crippen molar-refractivity contribution < 1.29 is 19.1 Å². The minimum atomic E-state index is -1.23. The quantitative estimate of drug-likeness (QED) is 0.242. The summed E-state index contributed by atoms with van der Waals surface area (Å²) in [6.45, 7) is 8.18. The fraction of sp³-hybridized carbons (Fsp3) is 0.619. The largest absolute Gasteiger partial charge is 0.465 e. The molecule has 0 aliphatic heterocycles. The van der Waals surface area contributed by atoms with E-state index in [0.717, 1.165) is 37.7 Å². The topological polar surface area (TPSA) is 52.6 Å². The Morgan fingerprint density at radius 1 is 0.960 bits per heavy atom. The van der Waals surface area contributed by atoms with Crippen LogP contribution in [0.25, 0.3) is 0 Å². The Morgan fingerprint density at radius 2 is 1.68 bits per heavy atom. The summed E-state index contributed by atoms with van der Waals surface area (Å²) in [6, 6.07) is 7.41. The molecule has 1 aromatic carbocycles. The molecule has 0 heterocycles. The lowest BCUT2D eigenvalue weighted by atomic mass is 9.82. The van der Waals surface area contributed by atoms with Crippen LogP contribution >= 0.6 is 0 Å². The van der Waals surface area contributed by atoms with Crippen molar-refractivity contribution >= 4 is 11.9 Å². The SMILES string of the molecule is CCCCCCOC(=O)C(CC)(CC)C(=O)Oc1cccc(CC)c1. The van der Waals surface area contributed by atoms with Crippen molar-refractivity contribution in [2.24, 2.45) is 5.41 Å². The summed E-state index contributed by atoms with van der Waals surface area (Å²) in [5.41, 5.74) is -0.144. The van der Waals surface area contributed by atoms with Gasteiger partial charge in [0, 0.05) is 0 Å². The maximum atomic E-state index is 12.7. The van der Waals surface area contributed by atoms with Gasteiger partial charge in [0.15, 0.2) is 5.41 Å². The molecule has 140 valence electrons. The van der Waals surface area contributed by atoms with E-state index in [0.29, 0.717) is 25.2 Å². The monoisotopic (exact) mass is 348 g/mol. The van der Waals surface area contributed by atoms with Crippen molar-refractivity contribution in [2.75, 3.05) is 6.61 Å². The van der Waals surface area contributed by atoms with Crippen LogP contribution in [-0.2, 0) is 20.7 Å². The van der Waals surface area contributed by atoms with Crippen molar-refractivity contribution in [3.8, 4) is 5.75 Å². The van der Waals surface area contributed by atoms with Gasteiger partial charge in [0.25, 0.3) is 0 Å². The van der Waals surface area contributed by atoms with E-state index in [2.05, 4.69) is 6.92 Å². The summed E-state index contributed by atoms with van der Waals surface area (Å²) in [6.07, 6.45) is 5.70. The summed E-state index contributed by atoms with van der Waals surface area (Å²) >= 11 is 0. The second-order valence-electron chi connectivity index (χ2n) is 6.38. The number of carbonyl (C=O) groups excluding carboxylic acids is 2. The molecule has 0 fully saturated rings. The molecule has 0 atom stereocenters. The highest BCUT2D eigenvalue weighted by molar-refractivity contribution is 6.00. The van der Waals surface area contributed by atoms with Gasteiger partial charge in [-0.1, -0.05) is 59.1 Å². The van der Waals surface area contributed by atoms with Crippen LogP contribution in [0.15, 0.2) is 24.3 Å². The number of rotatable bonds is 11. The van der Waals surface area contributed by atoms with E-state index in [4.69, 9.17) is 9.47 Å². The molecule has 0 amide bonds. The van der Waals surface area contributed by atoms with Crippen molar-refractivity contribution in [3.63, 3.8) is 0 Å². The minimum absolute atomic E-state index is 0.360. The van der Waals surface area contributed by atoms with Gasteiger partial charge in [0.2, 0.25) is 0 Å². The summed E-state index contributed by atoms with van der Waals surface area (Å²) < 4.78 is 10.9. The van der Waals surface area contributed by atoms with Gasteiger partial charge in [-0.25, -0.2) is 0 Å². The number of ether oxygens (including phenoxy) is 2. The zero-order chi connectivity index (χ0) is 18.7. The highest BCUT2D eigenvalue weighted by Crippen LogP contribution is 2.31. The maximum Gasteiger partial charge on any atom is 0.328 e. The first kappa shape index (κ1) is 21.2. The molecule has 0 spiro atoms. The normalized spacial score (nSPS) is 11.2. The number of unbranched alkanes of at least 4 members (excludes halogenated alkanes) is 3. The Balaban J connectivity index is 2.77. The number of hydrogen-bond acceptors (Lipinski definition) is 4. The summed E-state index contributed by atoms with van der Waals surface area (Å²) in [5.74, 6) is -0.513. The Morgan fingerprint density at radius 3 is 2.28 bits per heavy atom. The molecular formula is C21H32O4. The van der Waals surface area contributed by atoms with E-state index >= 15 is 0 Å². The third-order valence-corrected chi connectivity index (χ3v) is 4.74. The molecule has 0 unspecified atom stereocenters. The second kappa shape index (κ2) is 10.9. The van der Waals surface area contributed by atoms with E-state index in [1.54, 1.807) is 6.07 Å². The molecule has 25 heavy (non-hydrogen) atoms. The van der Waals surface area contributed by atoms with Gasteiger partial charge in [-0.3, -0.25) is 9.59 Å². The van der Waals surface area contributed by atoms with E-state index in [1.165, 1.54) is 0 Å². The predicted octanol–water partition coefficient (Wildman–Crippen LogP) is 5.08. The molecule has 0 aliphatic rings. The van der Waals surface area contributed by atoms with Crippen molar-refractivity contribution in [3.05, 3.63) is 29.8 Å². The lowest BCUT2D eigenvalue weighted by Gasteiger charge is -2.26. The van der Waals surface area contributed by atoms with Crippen LogP contribution < -0.4 is 4.74 Å². The van der Waals surface area contributed by atoms with E-state index in [1.807, 2.05) is 39.0 Å². The fourth-order valence-corrected chi connectivity index (χ4v) is 2.78. The first-order valence-electron chi connectivity index (χ1n) is 9.52. The molecule has 0 N–H and O–H groups in total. The first-order chi connectivity index (χ1) is 12.0. The third kappa shape index (κ3) is 5.87. The standard InChI is InChI=1S/C21H32O4/c1-5-9-10-11-15-24-19(22)21(7-3,8-4)20(23)25-18-14-12-13-17(6-2)16-18/h12-14,16H,5-11,15H2,1-4H3. The van der Waals surface area contributed by atoms with Gasteiger partial charge in [0.05, 0.1) is 6.61 Å². The molecule has 0 aliphatic carbocycles. The van der Waals surface area contributed by atoms with Crippen molar-refractivity contribution in [2.45, 2.75) is 72.6 Å². The summed E-state index contributed by atoms with van der Waals surface area (Å²) in [4.78, 5) is 25.3. The Kier molecular flexibility index (Phi) is 9.25. The molecule has 0 radical (unpaired) electrons. The van der Waals surface area contributed by atoms with Crippen LogP contribution in [0.4, 0.5) is 0 Å². The number of carbonyl (C=O) groups is 2. The van der Waals surface area contributed by atoms with Gasteiger partial charge in [0.1, 0.15) is 5.75 Å². The smallest absolute Gasteiger partial charge is 0.328 e. The van der Waals surface area contributed by atoms with Crippen molar-refractivity contribution in [1.82, 2.24) is 0 Å². The van der Waals surface area contributed by atoms with E-state index in [-0.39, 0.29) is 0 Å². The van der Waals surface area contributed by atoms with Crippen LogP contribution in [0.1, 0.15) is 71.8 Å². The van der Waals surface area contributed by atoms with E-state index in [9.17, 15) is 9.59 Å². The van der Waals surface area contributed by atoms with Crippen LogP contribution in [-0.4, -0.2) is 18.5 Å². The Labute approximate surface area is 151 Å². The van der Waals surface area contributed by atoms with E-state index < -0.39 is 17.4 Å². The first-order valence-corrected chi connectivity index (χ1v) is 9.52. The van der Waals surface area contributed by atoms with Crippen molar-refractivity contribution in [1.29, 1.82) is 0 Å². The number of hydrogen-bond donors (Lipinski definition) is 0. The Hall–Kier alpha value is -1.84. The zero-order valence-corrected chi connectivity index (χ0v) is 16.1. The van der Waals surface area contributed by atoms with Crippen LogP contribution in [0.3, 0.4) is 0 Å². The van der Waals surface area contributed by atoms with Crippen LogP contribution in [0, 0.1) is 5.41 Å². The van der Waals surface area contributed by atoms with Crippen LogP contribution in [0.2, 0.25) is 0 Å². The average Bonchev–Trinajstić information content (AvgIpc) is 2.63. The number of esters is 2. The third-order valence-electron chi connectivity index (χ3n) is 4.74. The zero-order valence-electron chi connectivity index (χ0n) is 16.1. The van der Waals surface area contributed by atoms with Gasteiger partial charge in [-0.15, -0.1) is 0 Å². The lowest BCUT2D eigenvalue weighted by molar-refractivity contribution is -0.168. The molecule has 0 bridgehead atoms. The molecule has 4 heteroatoms. The summed E-state index contributed by atoms with van der Waals surface area (Å²) in [7, 11) is 0. The maximum absolute atomic E-state index is 12.7.